The van der Waals surface area contributed by atoms with Gasteiger partial charge in [0.1, 0.15) is 12.1 Å². The zero-order chi connectivity index (χ0) is 14.6. The summed E-state index contributed by atoms with van der Waals surface area (Å²) >= 11 is 0. The molecule has 1 heterocycles. The first-order valence-electron chi connectivity index (χ1n) is 7.09. The lowest BCUT2D eigenvalue weighted by Crippen LogP contribution is -2.66. The van der Waals surface area contributed by atoms with Crippen molar-refractivity contribution in [2.45, 2.75) is 58.7 Å². The molecule has 0 spiro atoms. The summed E-state index contributed by atoms with van der Waals surface area (Å²) in [6.07, 6.45) is 1.25. The van der Waals surface area contributed by atoms with E-state index in [-0.39, 0.29) is 29.8 Å². The molecule has 1 aliphatic rings. The molecule has 5 heteroatoms. The van der Waals surface area contributed by atoms with Crippen molar-refractivity contribution >= 4 is 11.8 Å². The standard InChI is InChI=1S/C14H26N2O3/c1-6-10-14(18)16(11(7-2)13(17)15-10)12(8-19-5)9(3)4/h9-12H,6-8H2,1-5H3,(H,15,17). The summed E-state index contributed by atoms with van der Waals surface area (Å²) in [7, 11) is 1.63. The highest BCUT2D eigenvalue weighted by molar-refractivity contribution is 5.97. The van der Waals surface area contributed by atoms with E-state index in [0.717, 1.165) is 0 Å². The average molecular weight is 270 g/mol. The van der Waals surface area contributed by atoms with E-state index in [4.69, 9.17) is 4.74 Å². The Balaban J connectivity index is 3.06. The Hall–Kier alpha value is -1.10. The van der Waals surface area contributed by atoms with Crippen LogP contribution in [0.25, 0.3) is 0 Å². The third-order valence-electron chi connectivity index (χ3n) is 3.77. The molecule has 0 aliphatic carbocycles. The number of hydrogen-bond acceptors (Lipinski definition) is 3. The Bertz CT molecular complexity index is 331. The normalized spacial score (nSPS) is 25.7. The molecule has 5 nitrogen and oxygen atoms in total. The van der Waals surface area contributed by atoms with Gasteiger partial charge in [0.2, 0.25) is 11.8 Å². The molecule has 110 valence electrons. The zero-order valence-electron chi connectivity index (χ0n) is 12.6. The Morgan fingerprint density at radius 2 is 1.89 bits per heavy atom. The number of hydrogen-bond donors (Lipinski definition) is 1. The van der Waals surface area contributed by atoms with Crippen LogP contribution in [0.2, 0.25) is 0 Å². The SMILES string of the molecule is CCC1NC(=O)C(CC)N(C(COC)C(C)C)C1=O. The van der Waals surface area contributed by atoms with Gasteiger partial charge in [0, 0.05) is 7.11 Å². The van der Waals surface area contributed by atoms with Crippen molar-refractivity contribution in [3.63, 3.8) is 0 Å². The molecular weight excluding hydrogens is 244 g/mol. The van der Waals surface area contributed by atoms with E-state index in [1.54, 1.807) is 12.0 Å². The second-order valence-electron chi connectivity index (χ2n) is 5.41. The van der Waals surface area contributed by atoms with Crippen LogP contribution in [0.15, 0.2) is 0 Å². The molecule has 1 rings (SSSR count). The van der Waals surface area contributed by atoms with Crippen molar-refractivity contribution < 1.29 is 14.3 Å². The van der Waals surface area contributed by atoms with E-state index in [1.165, 1.54) is 0 Å². The number of rotatable bonds is 6. The maximum Gasteiger partial charge on any atom is 0.246 e. The number of nitrogens with one attached hydrogen (secondary N) is 1. The number of carbonyl (C=O) groups is 2. The van der Waals surface area contributed by atoms with Crippen molar-refractivity contribution in [2.24, 2.45) is 5.92 Å². The summed E-state index contributed by atoms with van der Waals surface area (Å²) in [4.78, 5) is 26.4. The van der Waals surface area contributed by atoms with Crippen molar-refractivity contribution in [3.8, 4) is 0 Å². The second-order valence-corrected chi connectivity index (χ2v) is 5.41. The predicted molar refractivity (Wildman–Crippen MR) is 73.6 cm³/mol. The smallest absolute Gasteiger partial charge is 0.246 e. The van der Waals surface area contributed by atoms with Crippen LogP contribution >= 0.6 is 0 Å². The molecule has 0 aromatic heterocycles. The predicted octanol–water partition coefficient (Wildman–Crippen LogP) is 1.17. The zero-order valence-corrected chi connectivity index (χ0v) is 12.6. The monoisotopic (exact) mass is 270 g/mol. The fourth-order valence-corrected chi connectivity index (χ4v) is 2.61. The van der Waals surface area contributed by atoms with Crippen molar-refractivity contribution in [1.29, 1.82) is 0 Å². The van der Waals surface area contributed by atoms with Gasteiger partial charge in [-0.3, -0.25) is 9.59 Å². The van der Waals surface area contributed by atoms with E-state index in [9.17, 15) is 9.59 Å². The van der Waals surface area contributed by atoms with Gasteiger partial charge in [-0.1, -0.05) is 27.7 Å². The maximum atomic E-state index is 12.5. The second kappa shape index (κ2) is 6.89. The molecule has 0 aromatic rings. The third-order valence-corrected chi connectivity index (χ3v) is 3.77. The third kappa shape index (κ3) is 3.26. The van der Waals surface area contributed by atoms with Crippen LogP contribution in [-0.2, 0) is 14.3 Å². The van der Waals surface area contributed by atoms with Crippen LogP contribution in [0.1, 0.15) is 40.5 Å². The number of piperazine rings is 1. The van der Waals surface area contributed by atoms with Crippen LogP contribution in [0, 0.1) is 5.92 Å². The van der Waals surface area contributed by atoms with Crippen LogP contribution in [0.3, 0.4) is 0 Å². The summed E-state index contributed by atoms with van der Waals surface area (Å²) in [6, 6.07) is -0.825. The molecule has 1 fully saturated rings. The number of carbonyl (C=O) groups excluding carboxylic acids is 2. The largest absolute Gasteiger partial charge is 0.383 e. The Morgan fingerprint density at radius 3 is 2.32 bits per heavy atom. The molecule has 0 aromatic carbocycles. The number of ether oxygens (including phenoxy) is 1. The lowest BCUT2D eigenvalue weighted by Gasteiger charge is -2.44. The Morgan fingerprint density at radius 1 is 1.26 bits per heavy atom. The van der Waals surface area contributed by atoms with Gasteiger partial charge in [-0.2, -0.15) is 0 Å². The van der Waals surface area contributed by atoms with E-state index >= 15 is 0 Å². The first-order valence-corrected chi connectivity index (χ1v) is 7.09. The fraction of sp³-hybridized carbons (Fsp3) is 0.857. The topological polar surface area (TPSA) is 58.6 Å². The molecule has 0 saturated carbocycles. The molecule has 3 atom stereocenters. The molecule has 2 amide bonds. The Labute approximate surface area is 115 Å². The average Bonchev–Trinajstić information content (AvgIpc) is 2.37. The van der Waals surface area contributed by atoms with Crippen LogP contribution < -0.4 is 5.32 Å². The van der Waals surface area contributed by atoms with Gasteiger partial charge >= 0.3 is 0 Å². The minimum Gasteiger partial charge on any atom is -0.383 e. The summed E-state index contributed by atoms with van der Waals surface area (Å²) in [5.74, 6) is 0.224. The lowest BCUT2D eigenvalue weighted by atomic mass is 9.95. The highest BCUT2D eigenvalue weighted by atomic mass is 16.5. The summed E-state index contributed by atoms with van der Waals surface area (Å²) in [5.41, 5.74) is 0. The minimum absolute atomic E-state index is 0.0182. The van der Waals surface area contributed by atoms with Gasteiger partial charge in [0.15, 0.2) is 0 Å². The number of nitrogens with zero attached hydrogens (tertiary/aromatic N) is 1. The first kappa shape index (κ1) is 16.0. The molecule has 19 heavy (non-hydrogen) atoms. The quantitative estimate of drug-likeness (QED) is 0.788. The molecule has 1 N–H and O–H groups in total. The number of amides is 2. The molecule has 1 saturated heterocycles. The lowest BCUT2D eigenvalue weighted by molar-refractivity contribution is -0.155. The van der Waals surface area contributed by atoms with E-state index < -0.39 is 6.04 Å². The van der Waals surface area contributed by atoms with Gasteiger partial charge in [0.25, 0.3) is 0 Å². The van der Waals surface area contributed by atoms with Gasteiger partial charge in [0.05, 0.1) is 12.6 Å². The van der Waals surface area contributed by atoms with E-state index in [0.29, 0.717) is 19.4 Å². The van der Waals surface area contributed by atoms with E-state index in [1.807, 2.05) is 13.8 Å². The molecule has 1 aliphatic heterocycles. The number of methoxy groups -OCH3 is 1. The minimum atomic E-state index is -0.395. The van der Waals surface area contributed by atoms with Crippen LogP contribution in [0.4, 0.5) is 0 Å². The molecular formula is C14H26N2O3. The molecule has 0 radical (unpaired) electrons. The first-order chi connectivity index (χ1) is 8.97. The molecule has 3 unspecified atom stereocenters. The van der Waals surface area contributed by atoms with Gasteiger partial charge in [-0.05, 0) is 18.8 Å². The summed E-state index contributed by atoms with van der Waals surface area (Å²) in [6.45, 7) is 8.41. The Kier molecular flexibility index (Phi) is 5.79. The van der Waals surface area contributed by atoms with E-state index in [2.05, 4.69) is 19.2 Å². The fourth-order valence-electron chi connectivity index (χ4n) is 2.61. The van der Waals surface area contributed by atoms with Crippen LogP contribution in [-0.4, -0.2) is 48.6 Å². The summed E-state index contributed by atoms with van der Waals surface area (Å²) < 4.78 is 5.24. The highest BCUT2D eigenvalue weighted by Crippen LogP contribution is 2.22. The van der Waals surface area contributed by atoms with Crippen molar-refractivity contribution in [2.75, 3.05) is 13.7 Å². The van der Waals surface area contributed by atoms with Crippen LogP contribution in [0.5, 0.6) is 0 Å². The van der Waals surface area contributed by atoms with Crippen molar-refractivity contribution in [3.05, 3.63) is 0 Å². The summed E-state index contributed by atoms with van der Waals surface area (Å²) in [5, 5.41) is 2.81. The maximum absolute atomic E-state index is 12.5. The van der Waals surface area contributed by atoms with Gasteiger partial charge in [-0.25, -0.2) is 0 Å². The van der Waals surface area contributed by atoms with Gasteiger partial charge in [-0.15, -0.1) is 0 Å². The highest BCUT2D eigenvalue weighted by Gasteiger charge is 2.42. The van der Waals surface area contributed by atoms with Gasteiger partial charge < -0.3 is 15.0 Å². The molecule has 0 bridgehead atoms. The van der Waals surface area contributed by atoms with Crippen molar-refractivity contribution in [1.82, 2.24) is 10.2 Å².